The Morgan fingerprint density at radius 3 is 2.82 bits per heavy atom. The van der Waals surface area contributed by atoms with Crippen molar-refractivity contribution < 1.29 is 10.1 Å². The van der Waals surface area contributed by atoms with Gasteiger partial charge in [0.05, 0.1) is 17.3 Å². The van der Waals surface area contributed by atoms with Gasteiger partial charge >= 0.3 is 0 Å². The third-order valence-electron chi connectivity index (χ3n) is 5.02. The van der Waals surface area contributed by atoms with E-state index in [9.17, 15) is 4.79 Å². The Morgan fingerprint density at radius 1 is 1.36 bits per heavy atom. The predicted molar refractivity (Wildman–Crippen MR) is 87.1 cm³/mol. The van der Waals surface area contributed by atoms with E-state index in [-0.39, 0.29) is 11.9 Å². The molecule has 4 heteroatoms. The fourth-order valence-corrected chi connectivity index (χ4v) is 3.29. The average molecular weight is 300 g/mol. The Hall–Kier alpha value is -1.86. The molecule has 0 bridgehead atoms. The van der Waals surface area contributed by atoms with Crippen LogP contribution in [0.4, 0.5) is 5.69 Å². The molecule has 1 amide bonds. The molecule has 4 atom stereocenters. The summed E-state index contributed by atoms with van der Waals surface area (Å²) in [6, 6.07) is 9.59. The van der Waals surface area contributed by atoms with E-state index in [1.807, 2.05) is 13.0 Å². The molecule has 1 aliphatic rings. The monoisotopic (exact) mass is 300 g/mol. The maximum absolute atomic E-state index is 12.4. The standard InChI is InChI=1S/C18H25N3O/c1-12-7-6-10-16(13(12)2)20-14(3)18(22)21-17-9-5-4-8-15(17)11-19/h4-5,8-9,12-14,16,20H,6-7,10H2,1-3H3,(H,21,22)/p+1/t12-,13+,14-,16+/m0/s1. The zero-order valence-corrected chi connectivity index (χ0v) is 13.7. The highest BCUT2D eigenvalue weighted by Crippen LogP contribution is 2.27. The second kappa shape index (κ2) is 7.42. The summed E-state index contributed by atoms with van der Waals surface area (Å²) in [6.07, 6.45) is 3.72. The first-order valence-electron chi connectivity index (χ1n) is 8.18. The number of hydrogen-bond donors (Lipinski definition) is 2. The van der Waals surface area contributed by atoms with Crippen LogP contribution in [0.15, 0.2) is 24.3 Å². The summed E-state index contributed by atoms with van der Waals surface area (Å²) >= 11 is 0. The molecule has 1 aliphatic carbocycles. The Bertz CT molecular complexity index is 564. The lowest BCUT2D eigenvalue weighted by atomic mass is 9.78. The molecule has 1 saturated carbocycles. The van der Waals surface area contributed by atoms with E-state index in [0.29, 0.717) is 23.2 Å². The summed E-state index contributed by atoms with van der Waals surface area (Å²) in [5.74, 6) is 1.33. The first-order valence-corrected chi connectivity index (χ1v) is 8.18. The maximum Gasteiger partial charge on any atom is 0.282 e. The molecule has 1 aromatic carbocycles. The topological polar surface area (TPSA) is 69.5 Å². The van der Waals surface area contributed by atoms with E-state index in [0.717, 1.165) is 5.92 Å². The molecule has 1 aromatic rings. The minimum Gasteiger partial charge on any atom is -0.334 e. The average Bonchev–Trinajstić information content (AvgIpc) is 2.52. The number of nitrogens with zero attached hydrogens (tertiary/aromatic N) is 1. The van der Waals surface area contributed by atoms with Crippen molar-refractivity contribution in [3.05, 3.63) is 29.8 Å². The van der Waals surface area contributed by atoms with Gasteiger partial charge in [0, 0.05) is 5.92 Å². The number of carbonyl (C=O) groups excluding carboxylic acids is 1. The molecule has 0 spiro atoms. The molecule has 0 unspecified atom stereocenters. The highest BCUT2D eigenvalue weighted by Gasteiger charge is 2.32. The summed E-state index contributed by atoms with van der Waals surface area (Å²) in [5.41, 5.74) is 1.10. The molecule has 0 saturated heterocycles. The number of nitrogens with one attached hydrogen (secondary N) is 1. The minimum atomic E-state index is -0.149. The Labute approximate surface area is 132 Å². The Balaban J connectivity index is 1.96. The van der Waals surface area contributed by atoms with E-state index in [1.54, 1.807) is 18.2 Å². The Kier molecular flexibility index (Phi) is 5.57. The van der Waals surface area contributed by atoms with Crippen LogP contribution in [0.25, 0.3) is 0 Å². The van der Waals surface area contributed by atoms with Crippen LogP contribution in [-0.2, 0) is 4.79 Å². The van der Waals surface area contributed by atoms with Crippen molar-refractivity contribution in [1.29, 1.82) is 5.26 Å². The molecule has 0 aliphatic heterocycles. The number of benzene rings is 1. The van der Waals surface area contributed by atoms with Crippen LogP contribution in [0.3, 0.4) is 0 Å². The van der Waals surface area contributed by atoms with Crippen LogP contribution < -0.4 is 10.6 Å². The van der Waals surface area contributed by atoms with Crippen molar-refractivity contribution in [3.8, 4) is 6.07 Å². The highest BCUT2D eigenvalue weighted by molar-refractivity contribution is 5.94. The molecule has 0 radical (unpaired) electrons. The molecular formula is C18H26N3O+. The smallest absolute Gasteiger partial charge is 0.282 e. The van der Waals surface area contributed by atoms with Gasteiger partial charge in [-0.15, -0.1) is 0 Å². The van der Waals surface area contributed by atoms with Crippen LogP contribution in [0, 0.1) is 23.2 Å². The first kappa shape index (κ1) is 16.5. The van der Waals surface area contributed by atoms with E-state index < -0.39 is 0 Å². The molecule has 3 N–H and O–H groups in total. The minimum absolute atomic E-state index is 0.0341. The maximum atomic E-state index is 12.4. The summed E-state index contributed by atoms with van der Waals surface area (Å²) in [6.45, 7) is 6.54. The third kappa shape index (κ3) is 3.86. The number of rotatable bonds is 4. The van der Waals surface area contributed by atoms with Crippen molar-refractivity contribution in [2.24, 2.45) is 11.8 Å². The molecule has 1 fully saturated rings. The zero-order valence-electron chi connectivity index (χ0n) is 13.7. The van der Waals surface area contributed by atoms with Gasteiger partial charge in [-0.2, -0.15) is 5.26 Å². The third-order valence-corrected chi connectivity index (χ3v) is 5.02. The predicted octanol–water partition coefficient (Wildman–Crippen LogP) is 2.27. The van der Waals surface area contributed by atoms with Crippen LogP contribution in [0.1, 0.15) is 45.6 Å². The lowest BCUT2D eigenvalue weighted by molar-refractivity contribution is -0.715. The van der Waals surface area contributed by atoms with Crippen LogP contribution in [0.5, 0.6) is 0 Å². The molecular weight excluding hydrogens is 274 g/mol. The summed E-state index contributed by atoms with van der Waals surface area (Å²) < 4.78 is 0. The van der Waals surface area contributed by atoms with Crippen molar-refractivity contribution in [3.63, 3.8) is 0 Å². The number of amides is 1. The van der Waals surface area contributed by atoms with Gasteiger partial charge in [-0.3, -0.25) is 4.79 Å². The Morgan fingerprint density at radius 2 is 2.09 bits per heavy atom. The van der Waals surface area contributed by atoms with E-state index in [4.69, 9.17) is 5.26 Å². The van der Waals surface area contributed by atoms with Gasteiger partial charge < -0.3 is 10.6 Å². The molecule has 4 nitrogen and oxygen atoms in total. The molecule has 22 heavy (non-hydrogen) atoms. The number of hydrogen-bond acceptors (Lipinski definition) is 2. The van der Waals surface area contributed by atoms with Crippen molar-refractivity contribution >= 4 is 11.6 Å². The van der Waals surface area contributed by atoms with Gasteiger partial charge in [0.1, 0.15) is 6.07 Å². The summed E-state index contributed by atoms with van der Waals surface area (Å²) in [5, 5.41) is 14.2. The number of para-hydroxylation sites is 1. The van der Waals surface area contributed by atoms with Crippen LogP contribution in [-0.4, -0.2) is 18.0 Å². The first-order chi connectivity index (χ1) is 10.5. The SMILES string of the molecule is C[C@@H]1[C@@H](C)CCC[C@H]1[NH2+][C@@H](C)C(=O)Nc1ccccc1C#N. The molecule has 0 aromatic heterocycles. The van der Waals surface area contributed by atoms with Crippen LogP contribution in [0.2, 0.25) is 0 Å². The van der Waals surface area contributed by atoms with Crippen molar-refractivity contribution in [1.82, 2.24) is 0 Å². The zero-order chi connectivity index (χ0) is 16.1. The molecule has 2 rings (SSSR count). The lowest BCUT2D eigenvalue weighted by Gasteiger charge is -2.33. The number of nitriles is 1. The number of quaternary nitrogens is 1. The largest absolute Gasteiger partial charge is 0.334 e. The fourth-order valence-electron chi connectivity index (χ4n) is 3.29. The van der Waals surface area contributed by atoms with E-state index in [1.165, 1.54) is 19.3 Å². The molecule has 118 valence electrons. The van der Waals surface area contributed by atoms with Gasteiger partial charge in [0.15, 0.2) is 6.04 Å². The van der Waals surface area contributed by atoms with E-state index in [2.05, 4.69) is 30.6 Å². The van der Waals surface area contributed by atoms with E-state index >= 15 is 0 Å². The van der Waals surface area contributed by atoms with Crippen molar-refractivity contribution in [2.45, 2.75) is 52.1 Å². The number of nitrogens with two attached hydrogens (primary N) is 1. The normalized spacial score (nSPS) is 26.0. The number of carbonyl (C=O) groups is 1. The van der Waals surface area contributed by atoms with Gasteiger partial charge in [-0.1, -0.05) is 26.0 Å². The van der Waals surface area contributed by atoms with Gasteiger partial charge in [-0.05, 0) is 44.2 Å². The second-order valence-electron chi connectivity index (χ2n) is 6.56. The highest BCUT2D eigenvalue weighted by atomic mass is 16.2. The summed E-state index contributed by atoms with van der Waals surface area (Å²) in [4.78, 5) is 12.4. The van der Waals surface area contributed by atoms with Gasteiger partial charge in [0.25, 0.3) is 5.91 Å². The number of anilines is 1. The van der Waals surface area contributed by atoms with Crippen molar-refractivity contribution in [2.75, 3.05) is 5.32 Å². The van der Waals surface area contributed by atoms with Gasteiger partial charge in [-0.25, -0.2) is 0 Å². The fraction of sp³-hybridized carbons (Fsp3) is 0.556. The summed E-state index contributed by atoms with van der Waals surface area (Å²) in [7, 11) is 0. The quantitative estimate of drug-likeness (QED) is 0.895. The molecule has 0 heterocycles. The second-order valence-corrected chi connectivity index (χ2v) is 6.56. The van der Waals surface area contributed by atoms with Crippen LogP contribution >= 0.6 is 0 Å². The van der Waals surface area contributed by atoms with Gasteiger partial charge in [0.2, 0.25) is 0 Å². The lowest BCUT2D eigenvalue weighted by Crippen LogP contribution is -2.97.